The summed E-state index contributed by atoms with van der Waals surface area (Å²) in [6.07, 6.45) is 0. The van der Waals surface area contributed by atoms with Gasteiger partial charge >= 0.3 is 0 Å². The summed E-state index contributed by atoms with van der Waals surface area (Å²) in [4.78, 5) is 5.51. The molecule has 0 amide bonds. The standard InChI is InChI=1S/C13H10BrN3OS/c14-11-7-6-10(19-11)8-15-13-16-12(18-17-13)9-4-2-1-3-5-9/h1-7H,8H2,(H,15,17). The van der Waals surface area contributed by atoms with Crippen molar-refractivity contribution in [1.29, 1.82) is 0 Å². The van der Waals surface area contributed by atoms with Gasteiger partial charge in [0, 0.05) is 10.4 Å². The molecule has 2 heterocycles. The Balaban J connectivity index is 1.68. The molecular formula is C13H10BrN3OS. The molecule has 0 saturated carbocycles. The molecule has 1 aromatic carbocycles. The molecule has 96 valence electrons. The van der Waals surface area contributed by atoms with Crippen molar-refractivity contribution >= 4 is 33.2 Å². The number of anilines is 1. The molecule has 0 unspecified atom stereocenters. The zero-order valence-corrected chi connectivity index (χ0v) is 12.2. The third-order valence-corrected chi connectivity index (χ3v) is 4.12. The molecule has 1 N–H and O–H groups in total. The fourth-order valence-electron chi connectivity index (χ4n) is 1.61. The minimum Gasteiger partial charge on any atom is -0.347 e. The molecule has 0 aliphatic carbocycles. The molecule has 0 saturated heterocycles. The van der Waals surface area contributed by atoms with Gasteiger partial charge in [0.1, 0.15) is 0 Å². The summed E-state index contributed by atoms with van der Waals surface area (Å²) in [5.41, 5.74) is 0.918. The van der Waals surface area contributed by atoms with Gasteiger partial charge in [-0.1, -0.05) is 18.2 Å². The van der Waals surface area contributed by atoms with Crippen molar-refractivity contribution in [3.05, 3.63) is 51.1 Å². The highest BCUT2D eigenvalue weighted by Crippen LogP contribution is 2.23. The number of thiophene rings is 1. The first-order valence-electron chi connectivity index (χ1n) is 5.68. The maximum atomic E-state index is 5.21. The molecule has 0 atom stereocenters. The van der Waals surface area contributed by atoms with Gasteiger partial charge in [0.2, 0.25) is 0 Å². The van der Waals surface area contributed by atoms with Crippen LogP contribution in [0, 0.1) is 0 Å². The monoisotopic (exact) mass is 335 g/mol. The minimum absolute atomic E-state index is 0.503. The fourth-order valence-corrected chi connectivity index (χ4v) is 3.03. The summed E-state index contributed by atoms with van der Waals surface area (Å²) in [6.45, 7) is 0.685. The second-order valence-electron chi connectivity index (χ2n) is 3.85. The number of nitrogens with zero attached hydrogens (tertiary/aromatic N) is 2. The van der Waals surface area contributed by atoms with Crippen LogP contribution in [0.4, 0.5) is 5.95 Å². The first-order chi connectivity index (χ1) is 9.31. The molecule has 3 aromatic rings. The van der Waals surface area contributed by atoms with E-state index >= 15 is 0 Å². The van der Waals surface area contributed by atoms with Crippen molar-refractivity contribution in [1.82, 2.24) is 10.1 Å². The molecule has 0 aliphatic rings. The zero-order chi connectivity index (χ0) is 13.1. The minimum atomic E-state index is 0.503. The summed E-state index contributed by atoms with van der Waals surface area (Å²) in [5.74, 6) is 1.03. The van der Waals surface area contributed by atoms with E-state index in [1.54, 1.807) is 11.3 Å². The topological polar surface area (TPSA) is 51.0 Å². The summed E-state index contributed by atoms with van der Waals surface area (Å²) >= 11 is 5.11. The van der Waals surface area contributed by atoms with Crippen LogP contribution in [0.1, 0.15) is 4.88 Å². The van der Waals surface area contributed by atoms with E-state index < -0.39 is 0 Å². The zero-order valence-electron chi connectivity index (χ0n) is 9.84. The predicted octanol–water partition coefficient (Wildman–Crippen LogP) is 4.17. The van der Waals surface area contributed by atoms with E-state index in [1.165, 1.54) is 4.88 Å². The molecule has 0 spiro atoms. The van der Waals surface area contributed by atoms with E-state index in [4.69, 9.17) is 4.52 Å². The number of benzene rings is 1. The third kappa shape index (κ3) is 3.02. The van der Waals surface area contributed by atoms with Gasteiger partial charge in [0.05, 0.1) is 10.3 Å². The van der Waals surface area contributed by atoms with Gasteiger partial charge in [-0.05, 0) is 45.4 Å². The highest BCUT2D eigenvalue weighted by Gasteiger charge is 2.08. The number of aromatic nitrogens is 2. The molecule has 2 aromatic heterocycles. The molecule has 0 aliphatic heterocycles. The molecule has 0 bridgehead atoms. The highest BCUT2D eigenvalue weighted by molar-refractivity contribution is 9.11. The Morgan fingerprint density at radius 3 is 2.74 bits per heavy atom. The van der Waals surface area contributed by atoms with Crippen LogP contribution in [0.15, 0.2) is 50.8 Å². The molecule has 0 fully saturated rings. The van der Waals surface area contributed by atoms with Gasteiger partial charge in [-0.25, -0.2) is 0 Å². The number of nitrogens with one attached hydrogen (secondary N) is 1. The van der Waals surface area contributed by atoms with Crippen molar-refractivity contribution in [3.8, 4) is 11.5 Å². The van der Waals surface area contributed by atoms with Crippen molar-refractivity contribution in [2.75, 3.05) is 5.32 Å². The first-order valence-corrected chi connectivity index (χ1v) is 7.29. The van der Waals surface area contributed by atoms with Gasteiger partial charge < -0.3 is 9.84 Å². The quantitative estimate of drug-likeness (QED) is 0.777. The van der Waals surface area contributed by atoms with Gasteiger partial charge in [0.25, 0.3) is 11.8 Å². The largest absolute Gasteiger partial charge is 0.347 e. The fraction of sp³-hybridized carbons (Fsp3) is 0.0769. The van der Waals surface area contributed by atoms with Crippen LogP contribution >= 0.6 is 27.3 Å². The van der Waals surface area contributed by atoms with Crippen LogP contribution in [0.25, 0.3) is 11.5 Å². The average molecular weight is 336 g/mol. The normalized spacial score (nSPS) is 10.6. The van der Waals surface area contributed by atoms with Gasteiger partial charge in [-0.2, -0.15) is 4.98 Å². The molecule has 19 heavy (non-hydrogen) atoms. The SMILES string of the molecule is Brc1ccc(CNc2noc(-c3ccccc3)n2)s1. The van der Waals surface area contributed by atoms with E-state index in [0.29, 0.717) is 18.4 Å². The van der Waals surface area contributed by atoms with Gasteiger partial charge in [0.15, 0.2) is 0 Å². The van der Waals surface area contributed by atoms with Crippen molar-refractivity contribution in [2.24, 2.45) is 0 Å². The Morgan fingerprint density at radius 1 is 1.16 bits per heavy atom. The van der Waals surface area contributed by atoms with Crippen LogP contribution in [-0.2, 0) is 6.54 Å². The van der Waals surface area contributed by atoms with Crippen LogP contribution in [0.5, 0.6) is 0 Å². The second kappa shape index (κ2) is 5.54. The maximum Gasteiger partial charge on any atom is 0.264 e. The summed E-state index contributed by atoms with van der Waals surface area (Å²) in [7, 11) is 0. The van der Waals surface area contributed by atoms with E-state index in [1.807, 2.05) is 36.4 Å². The highest BCUT2D eigenvalue weighted by atomic mass is 79.9. The summed E-state index contributed by atoms with van der Waals surface area (Å²) in [6, 6.07) is 13.8. The molecule has 0 radical (unpaired) electrons. The van der Waals surface area contributed by atoms with Crippen LogP contribution in [-0.4, -0.2) is 10.1 Å². The molecular weight excluding hydrogens is 326 g/mol. The number of hydrogen-bond donors (Lipinski definition) is 1. The van der Waals surface area contributed by atoms with Crippen LogP contribution in [0.3, 0.4) is 0 Å². The molecule has 4 nitrogen and oxygen atoms in total. The number of rotatable bonds is 4. The number of halogens is 1. The first kappa shape index (κ1) is 12.4. The third-order valence-electron chi connectivity index (χ3n) is 2.50. The average Bonchev–Trinajstić information content (AvgIpc) is 3.06. The van der Waals surface area contributed by atoms with Gasteiger partial charge in [-0.15, -0.1) is 11.3 Å². The van der Waals surface area contributed by atoms with Crippen molar-refractivity contribution in [3.63, 3.8) is 0 Å². The smallest absolute Gasteiger partial charge is 0.264 e. The summed E-state index contributed by atoms with van der Waals surface area (Å²) < 4.78 is 6.33. The van der Waals surface area contributed by atoms with E-state index in [0.717, 1.165) is 9.35 Å². The van der Waals surface area contributed by atoms with Gasteiger partial charge in [-0.3, -0.25) is 0 Å². The maximum absolute atomic E-state index is 5.21. The van der Waals surface area contributed by atoms with E-state index in [2.05, 4.69) is 37.5 Å². The second-order valence-corrected chi connectivity index (χ2v) is 6.40. The Labute approximate surface area is 122 Å². The van der Waals surface area contributed by atoms with Crippen molar-refractivity contribution in [2.45, 2.75) is 6.54 Å². The number of hydrogen-bond acceptors (Lipinski definition) is 5. The Kier molecular flexibility index (Phi) is 3.61. The molecule has 3 rings (SSSR count). The Hall–Kier alpha value is -1.66. The predicted molar refractivity (Wildman–Crippen MR) is 79.1 cm³/mol. The Bertz CT molecular complexity index is 665. The lowest BCUT2D eigenvalue weighted by molar-refractivity contribution is 0.432. The van der Waals surface area contributed by atoms with Crippen molar-refractivity contribution < 1.29 is 4.52 Å². The van der Waals surface area contributed by atoms with Crippen LogP contribution < -0.4 is 5.32 Å². The molecule has 6 heteroatoms. The lowest BCUT2D eigenvalue weighted by Crippen LogP contribution is -1.98. The summed E-state index contributed by atoms with van der Waals surface area (Å²) in [5, 5.41) is 7.05. The lowest BCUT2D eigenvalue weighted by Gasteiger charge is -1.96. The Morgan fingerprint density at radius 2 is 2.00 bits per heavy atom. The van der Waals surface area contributed by atoms with E-state index in [-0.39, 0.29) is 0 Å². The van der Waals surface area contributed by atoms with Crippen LogP contribution in [0.2, 0.25) is 0 Å². The lowest BCUT2D eigenvalue weighted by atomic mass is 10.2. The van der Waals surface area contributed by atoms with E-state index in [9.17, 15) is 0 Å².